The minimum atomic E-state index is 0.0653. The van der Waals surface area contributed by atoms with E-state index in [-0.39, 0.29) is 17.9 Å². The van der Waals surface area contributed by atoms with Crippen LogP contribution in [-0.4, -0.2) is 30.0 Å². The number of benzene rings is 2. The summed E-state index contributed by atoms with van der Waals surface area (Å²) in [5, 5.41) is 4.42. The van der Waals surface area contributed by atoms with Crippen LogP contribution in [0, 0.1) is 5.92 Å². The molecule has 1 saturated heterocycles. The first-order chi connectivity index (χ1) is 13.9. The SMILES string of the molecule is CC(C)Oc1ccc(CNC(=O)C2CCN(Cc3ccc(Cl)cc3Cl)CC2)cc1. The number of halogens is 2. The summed E-state index contributed by atoms with van der Waals surface area (Å²) >= 11 is 12.2. The Morgan fingerprint density at radius 1 is 1.14 bits per heavy atom. The third kappa shape index (κ3) is 6.63. The van der Waals surface area contributed by atoms with Gasteiger partial charge < -0.3 is 10.1 Å². The van der Waals surface area contributed by atoms with Crippen molar-refractivity contribution in [3.05, 3.63) is 63.6 Å². The lowest BCUT2D eigenvalue weighted by atomic mass is 9.95. The highest BCUT2D eigenvalue weighted by Crippen LogP contribution is 2.25. The van der Waals surface area contributed by atoms with Crippen molar-refractivity contribution in [2.45, 2.75) is 45.9 Å². The van der Waals surface area contributed by atoms with Crippen molar-refractivity contribution in [3.8, 4) is 5.75 Å². The molecule has 156 valence electrons. The van der Waals surface area contributed by atoms with E-state index in [1.807, 2.05) is 50.2 Å². The summed E-state index contributed by atoms with van der Waals surface area (Å²) in [6.07, 6.45) is 1.87. The van der Waals surface area contributed by atoms with Crippen LogP contribution in [-0.2, 0) is 17.9 Å². The second-order valence-electron chi connectivity index (χ2n) is 7.81. The Morgan fingerprint density at radius 3 is 2.45 bits per heavy atom. The van der Waals surface area contributed by atoms with E-state index in [2.05, 4.69) is 10.2 Å². The quantitative estimate of drug-likeness (QED) is 0.641. The molecule has 2 aromatic carbocycles. The van der Waals surface area contributed by atoms with Gasteiger partial charge in [0.2, 0.25) is 5.91 Å². The molecule has 0 spiro atoms. The van der Waals surface area contributed by atoms with Crippen molar-refractivity contribution >= 4 is 29.1 Å². The molecule has 2 aromatic rings. The molecule has 1 aliphatic rings. The van der Waals surface area contributed by atoms with E-state index >= 15 is 0 Å². The summed E-state index contributed by atoms with van der Waals surface area (Å²) in [6, 6.07) is 13.5. The second kappa shape index (κ2) is 10.3. The second-order valence-corrected chi connectivity index (χ2v) is 8.66. The Labute approximate surface area is 183 Å². The van der Waals surface area contributed by atoms with E-state index in [1.165, 1.54) is 0 Å². The number of rotatable bonds is 7. The van der Waals surface area contributed by atoms with Gasteiger partial charge in [-0.05, 0) is 75.2 Å². The fourth-order valence-corrected chi connectivity index (χ4v) is 4.00. The van der Waals surface area contributed by atoms with Crippen LogP contribution in [0.3, 0.4) is 0 Å². The molecule has 4 nitrogen and oxygen atoms in total. The first-order valence-corrected chi connectivity index (χ1v) is 10.9. The number of carbonyl (C=O) groups excluding carboxylic acids is 1. The third-order valence-electron chi connectivity index (χ3n) is 5.13. The van der Waals surface area contributed by atoms with Gasteiger partial charge in [-0.15, -0.1) is 0 Å². The number of carbonyl (C=O) groups is 1. The summed E-state index contributed by atoms with van der Waals surface area (Å²) in [7, 11) is 0. The van der Waals surface area contributed by atoms with Crippen molar-refractivity contribution < 1.29 is 9.53 Å². The number of likely N-dealkylation sites (tertiary alicyclic amines) is 1. The summed E-state index contributed by atoms with van der Waals surface area (Å²) < 4.78 is 5.65. The van der Waals surface area contributed by atoms with Gasteiger partial charge in [0.25, 0.3) is 0 Å². The molecule has 0 atom stereocenters. The van der Waals surface area contributed by atoms with Crippen molar-refractivity contribution in [2.75, 3.05) is 13.1 Å². The van der Waals surface area contributed by atoms with E-state index in [0.717, 1.165) is 49.4 Å². The molecule has 1 fully saturated rings. The Bertz CT molecular complexity index is 816. The van der Waals surface area contributed by atoms with Gasteiger partial charge in [0.1, 0.15) is 5.75 Å². The minimum Gasteiger partial charge on any atom is -0.491 e. The largest absolute Gasteiger partial charge is 0.491 e. The highest BCUT2D eigenvalue weighted by atomic mass is 35.5. The molecular formula is C23H28Cl2N2O2. The topological polar surface area (TPSA) is 41.6 Å². The minimum absolute atomic E-state index is 0.0653. The van der Waals surface area contributed by atoms with Crippen LogP contribution in [0.25, 0.3) is 0 Å². The fourth-order valence-electron chi connectivity index (χ4n) is 3.54. The predicted octanol–water partition coefficient (Wildman–Crippen LogP) is 5.31. The zero-order chi connectivity index (χ0) is 20.8. The molecule has 0 aromatic heterocycles. The van der Waals surface area contributed by atoms with Crippen LogP contribution >= 0.6 is 23.2 Å². The number of hydrogen-bond acceptors (Lipinski definition) is 3. The molecule has 1 amide bonds. The smallest absolute Gasteiger partial charge is 0.223 e. The summed E-state index contributed by atoms with van der Waals surface area (Å²) in [6.45, 7) is 7.11. The summed E-state index contributed by atoms with van der Waals surface area (Å²) in [4.78, 5) is 14.9. The lowest BCUT2D eigenvalue weighted by Crippen LogP contribution is -2.40. The standard InChI is InChI=1S/C23H28Cl2N2O2/c1-16(2)29-21-7-3-17(4-8-21)14-26-23(28)18-9-11-27(12-10-18)15-19-5-6-20(24)13-22(19)25/h3-8,13,16,18H,9-12,14-15H2,1-2H3,(H,26,28). The molecular weight excluding hydrogens is 407 g/mol. The van der Waals surface area contributed by atoms with E-state index in [0.29, 0.717) is 16.6 Å². The van der Waals surface area contributed by atoms with Crippen LogP contribution in [0.4, 0.5) is 0 Å². The van der Waals surface area contributed by atoms with E-state index < -0.39 is 0 Å². The maximum absolute atomic E-state index is 12.6. The highest BCUT2D eigenvalue weighted by Gasteiger charge is 2.25. The van der Waals surface area contributed by atoms with Crippen LogP contribution < -0.4 is 10.1 Å². The number of hydrogen-bond donors (Lipinski definition) is 1. The van der Waals surface area contributed by atoms with E-state index in [1.54, 1.807) is 6.07 Å². The lowest BCUT2D eigenvalue weighted by Gasteiger charge is -2.31. The molecule has 3 rings (SSSR count). The maximum Gasteiger partial charge on any atom is 0.223 e. The average molecular weight is 435 g/mol. The zero-order valence-corrected chi connectivity index (χ0v) is 18.5. The van der Waals surface area contributed by atoms with Gasteiger partial charge in [0, 0.05) is 29.1 Å². The maximum atomic E-state index is 12.6. The molecule has 0 aliphatic carbocycles. The van der Waals surface area contributed by atoms with Gasteiger partial charge >= 0.3 is 0 Å². The Hall–Kier alpha value is -1.75. The van der Waals surface area contributed by atoms with Crippen LogP contribution in [0.2, 0.25) is 10.0 Å². The molecule has 0 unspecified atom stereocenters. The van der Waals surface area contributed by atoms with Crippen molar-refractivity contribution in [2.24, 2.45) is 5.92 Å². The number of nitrogens with zero attached hydrogens (tertiary/aromatic N) is 1. The monoisotopic (exact) mass is 434 g/mol. The number of amides is 1. The first kappa shape index (κ1) is 21.9. The molecule has 0 radical (unpaired) electrons. The zero-order valence-electron chi connectivity index (χ0n) is 17.0. The molecule has 1 N–H and O–H groups in total. The molecule has 1 heterocycles. The van der Waals surface area contributed by atoms with E-state index in [4.69, 9.17) is 27.9 Å². The van der Waals surface area contributed by atoms with Crippen LogP contribution in [0.1, 0.15) is 37.8 Å². The van der Waals surface area contributed by atoms with Crippen molar-refractivity contribution in [1.29, 1.82) is 0 Å². The summed E-state index contributed by atoms with van der Waals surface area (Å²) in [5.74, 6) is 1.05. The Morgan fingerprint density at radius 2 is 1.83 bits per heavy atom. The van der Waals surface area contributed by atoms with E-state index in [9.17, 15) is 4.79 Å². The summed E-state index contributed by atoms with van der Waals surface area (Å²) in [5.41, 5.74) is 2.15. The van der Waals surface area contributed by atoms with Crippen LogP contribution in [0.15, 0.2) is 42.5 Å². The molecule has 0 saturated carbocycles. The van der Waals surface area contributed by atoms with Gasteiger partial charge in [-0.3, -0.25) is 9.69 Å². The average Bonchev–Trinajstić information content (AvgIpc) is 2.69. The Balaban J connectivity index is 1.42. The Kier molecular flexibility index (Phi) is 7.82. The highest BCUT2D eigenvalue weighted by molar-refractivity contribution is 6.35. The first-order valence-electron chi connectivity index (χ1n) is 10.1. The number of nitrogens with one attached hydrogen (secondary N) is 1. The fraction of sp³-hybridized carbons (Fsp3) is 0.435. The van der Waals surface area contributed by atoms with Gasteiger partial charge in [0.15, 0.2) is 0 Å². The van der Waals surface area contributed by atoms with Gasteiger partial charge in [0.05, 0.1) is 6.10 Å². The molecule has 1 aliphatic heterocycles. The number of piperidine rings is 1. The predicted molar refractivity (Wildman–Crippen MR) is 119 cm³/mol. The van der Waals surface area contributed by atoms with Crippen molar-refractivity contribution in [3.63, 3.8) is 0 Å². The number of ether oxygens (including phenoxy) is 1. The third-order valence-corrected chi connectivity index (χ3v) is 5.72. The van der Waals surface area contributed by atoms with Gasteiger partial charge in [-0.25, -0.2) is 0 Å². The molecule has 6 heteroatoms. The van der Waals surface area contributed by atoms with Crippen molar-refractivity contribution in [1.82, 2.24) is 10.2 Å². The molecule has 29 heavy (non-hydrogen) atoms. The molecule has 0 bridgehead atoms. The normalized spacial score (nSPS) is 15.5. The van der Waals surface area contributed by atoms with Gasteiger partial charge in [-0.1, -0.05) is 41.4 Å². The van der Waals surface area contributed by atoms with Crippen LogP contribution in [0.5, 0.6) is 5.75 Å². The lowest BCUT2D eigenvalue weighted by molar-refractivity contribution is -0.126. The van der Waals surface area contributed by atoms with Gasteiger partial charge in [-0.2, -0.15) is 0 Å².